The van der Waals surface area contributed by atoms with Crippen molar-refractivity contribution in [3.8, 4) is 11.6 Å². The lowest BCUT2D eigenvalue weighted by atomic mass is 10.2. The monoisotopic (exact) mass is 287 g/mol. The van der Waals surface area contributed by atoms with Crippen molar-refractivity contribution < 1.29 is 9.84 Å². The van der Waals surface area contributed by atoms with Crippen LogP contribution in [-0.4, -0.2) is 22.1 Å². The Hall–Kier alpha value is -2.14. The van der Waals surface area contributed by atoms with Gasteiger partial charge in [0, 0.05) is 18.5 Å². The number of nitrogens with zero attached hydrogens (tertiary/aromatic N) is 2. The molecule has 0 spiro atoms. The molecule has 21 heavy (non-hydrogen) atoms. The molecular formula is C16H21N3O2. The van der Waals surface area contributed by atoms with Crippen LogP contribution in [0.5, 0.6) is 11.6 Å². The number of hydrogen-bond acceptors (Lipinski definition) is 5. The fraction of sp³-hybridized carbons (Fsp3) is 0.375. The normalized spacial score (nSPS) is 10.8. The fourth-order valence-corrected chi connectivity index (χ4v) is 1.95. The van der Waals surface area contributed by atoms with Crippen LogP contribution in [0.1, 0.15) is 36.7 Å². The van der Waals surface area contributed by atoms with Gasteiger partial charge in [0.1, 0.15) is 17.4 Å². The fourth-order valence-electron chi connectivity index (χ4n) is 1.95. The summed E-state index contributed by atoms with van der Waals surface area (Å²) in [5.41, 5.74) is 1.57. The van der Waals surface area contributed by atoms with Crippen LogP contribution in [0.4, 0.5) is 5.82 Å². The predicted molar refractivity (Wildman–Crippen MR) is 82.8 cm³/mol. The number of anilines is 1. The Morgan fingerprint density at radius 2 is 1.95 bits per heavy atom. The van der Waals surface area contributed by atoms with Crippen molar-refractivity contribution in [1.29, 1.82) is 0 Å². The molecule has 0 saturated carbocycles. The minimum atomic E-state index is -0.0732. The van der Waals surface area contributed by atoms with Crippen LogP contribution in [0.15, 0.2) is 24.3 Å². The zero-order valence-electron chi connectivity index (χ0n) is 12.8. The summed E-state index contributed by atoms with van der Waals surface area (Å²) in [6.45, 7) is 5.91. The number of para-hydroxylation sites is 1. The molecule has 1 heterocycles. The highest BCUT2D eigenvalue weighted by Gasteiger charge is 2.15. The lowest BCUT2D eigenvalue weighted by Gasteiger charge is -2.15. The first-order chi connectivity index (χ1) is 10.1. The van der Waals surface area contributed by atoms with Crippen LogP contribution >= 0.6 is 0 Å². The van der Waals surface area contributed by atoms with Gasteiger partial charge in [0.2, 0.25) is 5.88 Å². The number of rotatable bonds is 5. The molecule has 2 aromatic rings. The van der Waals surface area contributed by atoms with E-state index in [1.165, 1.54) is 0 Å². The highest BCUT2D eigenvalue weighted by atomic mass is 16.5. The van der Waals surface area contributed by atoms with E-state index in [1.807, 2.05) is 52.1 Å². The zero-order valence-corrected chi connectivity index (χ0v) is 12.8. The molecule has 0 aliphatic heterocycles. The molecule has 0 atom stereocenters. The van der Waals surface area contributed by atoms with E-state index in [-0.39, 0.29) is 12.5 Å². The standard InChI is InChI=1S/C16H21N3O2/c1-10(2)14-18-15(17-4)11(3)16(19-14)21-13-8-6-5-7-12(13)9-20/h5-8,10,20H,9H2,1-4H3,(H,17,18,19). The van der Waals surface area contributed by atoms with Crippen molar-refractivity contribution in [3.63, 3.8) is 0 Å². The summed E-state index contributed by atoms with van der Waals surface area (Å²) in [5, 5.41) is 12.4. The molecule has 0 saturated heterocycles. The van der Waals surface area contributed by atoms with Gasteiger partial charge in [-0.15, -0.1) is 0 Å². The van der Waals surface area contributed by atoms with Gasteiger partial charge < -0.3 is 15.2 Å². The number of ether oxygens (including phenoxy) is 1. The zero-order chi connectivity index (χ0) is 15.4. The molecule has 2 N–H and O–H groups in total. The molecule has 0 bridgehead atoms. The Labute approximate surface area is 125 Å². The molecule has 1 aromatic carbocycles. The summed E-state index contributed by atoms with van der Waals surface area (Å²) in [6, 6.07) is 7.38. The van der Waals surface area contributed by atoms with Gasteiger partial charge in [-0.3, -0.25) is 0 Å². The minimum absolute atomic E-state index is 0.0732. The Bertz CT molecular complexity index is 627. The molecule has 1 aromatic heterocycles. The molecule has 0 unspecified atom stereocenters. The second-order valence-electron chi connectivity index (χ2n) is 5.13. The summed E-state index contributed by atoms with van der Waals surface area (Å²) in [4.78, 5) is 8.98. The summed E-state index contributed by atoms with van der Waals surface area (Å²) in [5.74, 6) is 2.80. The Balaban J connectivity index is 2.45. The molecule has 0 aliphatic carbocycles. The van der Waals surface area contributed by atoms with E-state index >= 15 is 0 Å². The highest BCUT2D eigenvalue weighted by Crippen LogP contribution is 2.30. The topological polar surface area (TPSA) is 67.3 Å². The first-order valence-electron chi connectivity index (χ1n) is 6.99. The van der Waals surface area contributed by atoms with E-state index in [2.05, 4.69) is 15.3 Å². The number of aromatic nitrogens is 2. The third kappa shape index (κ3) is 3.31. The maximum atomic E-state index is 9.38. The van der Waals surface area contributed by atoms with Gasteiger partial charge in [0.25, 0.3) is 0 Å². The average molecular weight is 287 g/mol. The van der Waals surface area contributed by atoms with E-state index in [0.717, 1.165) is 22.8 Å². The van der Waals surface area contributed by atoms with E-state index in [4.69, 9.17) is 4.74 Å². The van der Waals surface area contributed by atoms with Crippen molar-refractivity contribution in [2.75, 3.05) is 12.4 Å². The average Bonchev–Trinajstić information content (AvgIpc) is 2.49. The third-order valence-corrected chi connectivity index (χ3v) is 3.22. The van der Waals surface area contributed by atoms with Crippen LogP contribution in [0, 0.1) is 6.92 Å². The largest absolute Gasteiger partial charge is 0.438 e. The third-order valence-electron chi connectivity index (χ3n) is 3.22. The van der Waals surface area contributed by atoms with Gasteiger partial charge in [0.05, 0.1) is 12.2 Å². The van der Waals surface area contributed by atoms with Gasteiger partial charge in [-0.2, -0.15) is 4.98 Å². The Kier molecular flexibility index (Phi) is 4.75. The molecule has 5 heteroatoms. The molecule has 2 rings (SSSR count). The molecular weight excluding hydrogens is 266 g/mol. The van der Waals surface area contributed by atoms with E-state index in [9.17, 15) is 5.11 Å². The number of nitrogens with one attached hydrogen (secondary N) is 1. The number of hydrogen-bond donors (Lipinski definition) is 2. The van der Waals surface area contributed by atoms with Crippen molar-refractivity contribution in [3.05, 3.63) is 41.2 Å². The number of benzene rings is 1. The lowest BCUT2D eigenvalue weighted by molar-refractivity contribution is 0.276. The van der Waals surface area contributed by atoms with E-state index < -0.39 is 0 Å². The van der Waals surface area contributed by atoms with Crippen molar-refractivity contribution in [2.45, 2.75) is 33.3 Å². The smallest absolute Gasteiger partial charge is 0.227 e. The first-order valence-corrected chi connectivity index (χ1v) is 6.99. The van der Waals surface area contributed by atoms with Gasteiger partial charge in [0.15, 0.2) is 0 Å². The summed E-state index contributed by atoms with van der Waals surface area (Å²) >= 11 is 0. The Morgan fingerprint density at radius 3 is 2.57 bits per heavy atom. The summed E-state index contributed by atoms with van der Waals surface area (Å²) in [6.07, 6.45) is 0. The van der Waals surface area contributed by atoms with Gasteiger partial charge in [-0.1, -0.05) is 32.0 Å². The molecule has 0 amide bonds. The van der Waals surface area contributed by atoms with E-state index in [1.54, 1.807) is 0 Å². The molecule has 0 radical (unpaired) electrons. The maximum absolute atomic E-state index is 9.38. The van der Waals surface area contributed by atoms with Crippen molar-refractivity contribution in [1.82, 2.24) is 9.97 Å². The van der Waals surface area contributed by atoms with Crippen LogP contribution in [0.2, 0.25) is 0 Å². The Morgan fingerprint density at radius 1 is 1.24 bits per heavy atom. The van der Waals surface area contributed by atoms with Crippen LogP contribution in [-0.2, 0) is 6.61 Å². The van der Waals surface area contributed by atoms with Gasteiger partial charge >= 0.3 is 0 Å². The minimum Gasteiger partial charge on any atom is -0.438 e. The van der Waals surface area contributed by atoms with E-state index in [0.29, 0.717) is 11.6 Å². The van der Waals surface area contributed by atoms with Crippen molar-refractivity contribution in [2.24, 2.45) is 0 Å². The van der Waals surface area contributed by atoms with Gasteiger partial charge in [-0.25, -0.2) is 4.98 Å². The summed E-state index contributed by atoms with van der Waals surface area (Å²) < 4.78 is 5.91. The second-order valence-corrected chi connectivity index (χ2v) is 5.13. The molecule has 0 aliphatic rings. The lowest BCUT2D eigenvalue weighted by Crippen LogP contribution is -2.07. The second kappa shape index (κ2) is 6.54. The quantitative estimate of drug-likeness (QED) is 0.883. The predicted octanol–water partition coefficient (Wildman–Crippen LogP) is 3.23. The SMILES string of the molecule is CNc1nc(C(C)C)nc(Oc2ccccc2CO)c1C. The van der Waals surface area contributed by atoms with Gasteiger partial charge in [-0.05, 0) is 13.0 Å². The van der Waals surface area contributed by atoms with Crippen LogP contribution in [0.3, 0.4) is 0 Å². The molecule has 5 nitrogen and oxygen atoms in total. The molecule has 0 fully saturated rings. The highest BCUT2D eigenvalue weighted by molar-refractivity contribution is 5.50. The van der Waals surface area contributed by atoms with Crippen LogP contribution in [0.25, 0.3) is 0 Å². The number of aliphatic hydroxyl groups is 1. The number of aliphatic hydroxyl groups excluding tert-OH is 1. The molecule has 112 valence electrons. The summed E-state index contributed by atoms with van der Waals surface area (Å²) in [7, 11) is 1.82. The maximum Gasteiger partial charge on any atom is 0.227 e. The van der Waals surface area contributed by atoms with Crippen LogP contribution < -0.4 is 10.1 Å². The first kappa shape index (κ1) is 15.3. The van der Waals surface area contributed by atoms with Crippen molar-refractivity contribution >= 4 is 5.82 Å².